The van der Waals surface area contributed by atoms with E-state index in [0.29, 0.717) is 0 Å². The van der Waals surface area contributed by atoms with E-state index in [4.69, 9.17) is 5.73 Å². The Balaban J connectivity index is 0.00000529. The lowest BCUT2D eigenvalue weighted by molar-refractivity contribution is -0.127. The SMILES string of the molecule is CC(C)[C@H](N)C(=O)NCC(=O)NCc1ccc(S(C)(=O)=O)cc1.Cl. The van der Waals surface area contributed by atoms with E-state index in [1.54, 1.807) is 12.1 Å². The molecule has 24 heavy (non-hydrogen) atoms. The molecule has 4 N–H and O–H groups in total. The highest BCUT2D eigenvalue weighted by molar-refractivity contribution is 7.90. The van der Waals surface area contributed by atoms with Gasteiger partial charge in [-0.25, -0.2) is 8.42 Å². The molecular formula is C15H24ClN3O4S. The van der Waals surface area contributed by atoms with Crippen molar-refractivity contribution in [2.75, 3.05) is 12.8 Å². The number of nitrogens with two attached hydrogens (primary N) is 1. The Hall–Kier alpha value is -1.64. The lowest BCUT2D eigenvalue weighted by atomic mass is 10.1. The van der Waals surface area contributed by atoms with E-state index in [9.17, 15) is 18.0 Å². The van der Waals surface area contributed by atoms with Crippen molar-refractivity contribution in [2.24, 2.45) is 11.7 Å². The van der Waals surface area contributed by atoms with Crippen LogP contribution in [0.1, 0.15) is 19.4 Å². The van der Waals surface area contributed by atoms with E-state index < -0.39 is 15.9 Å². The van der Waals surface area contributed by atoms with E-state index in [0.717, 1.165) is 11.8 Å². The van der Waals surface area contributed by atoms with Gasteiger partial charge in [-0.1, -0.05) is 26.0 Å². The van der Waals surface area contributed by atoms with E-state index >= 15 is 0 Å². The van der Waals surface area contributed by atoms with E-state index in [2.05, 4.69) is 10.6 Å². The lowest BCUT2D eigenvalue weighted by Crippen LogP contribution is -2.47. The zero-order valence-corrected chi connectivity index (χ0v) is 15.5. The molecule has 0 aliphatic rings. The molecule has 0 fully saturated rings. The Morgan fingerprint density at radius 1 is 1.12 bits per heavy atom. The minimum absolute atomic E-state index is 0. The molecule has 1 aromatic carbocycles. The number of hydrogen-bond donors (Lipinski definition) is 3. The Labute approximate surface area is 148 Å². The molecule has 0 unspecified atom stereocenters. The van der Waals surface area contributed by atoms with Crippen molar-refractivity contribution < 1.29 is 18.0 Å². The van der Waals surface area contributed by atoms with Gasteiger partial charge in [0.25, 0.3) is 0 Å². The second-order valence-corrected chi connectivity index (χ2v) is 7.70. The lowest BCUT2D eigenvalue weighted by Gasteiger charge is -2.15. The second-order valence-electron chi connectivity index (χ2n) is 5.68. The summed E-state index contributed by atoms with van der Waals surface area (Å²) >= 11 is 0. The van der Waals surface area contributed by atoms with Crippen molar-refractivity contribution >= 4 is 34.1 Å². The molecule has 0 aliphatic heterocycles. The van der Waals surface area contributed by atoms with Crippen LogP contribution in [0.2, 0.25) is 0 Å². The molecule has 0 radical (unpaired) electrons. The molecule has 0 saturated carbocycles. The second kappa shape index (κ2) is 9.61. The van der Waals surface area contributed by atoms with Gasteiger partial charge >= 0.3 is 0 Å². The molecule has 0 heterocycles. The first-order chi connectivity index (χ1) is 10.6. The maximum Gasteiger partial charge on any atom is 0.239 e. The van der Waals surface area contributed by atoms with Crippen LogP contribution in [0.15, 0.2) is 29.2 Å². The zero-order valence-electron chi connectivity index (χ0n) is 13.9. The van der Waals surface area contributed by atoms with Crippen LogP contribution < -0.4 is 16.4 Å². The van der Waals surface area contributed by atoms with Crippen molar-refractivity contribution in [2.45, 2.75) is 31.3 Å². The summed E-state index contributed by atoms with van der Waals surface area (Å²) < 4.78 is 22.7. The van der Waals surface area contributed by atoms with E-state index in [1.165, 1.54) is 12.1 Å². The van der Waals surface area contributed by atoms with Gasteiger partial charge in [-0.2, -0.15) is 0 Å². The average molecular weight is 378 g/mol. The van der Waals surface area contributed by atoms with Crippen LogP contribution in [0.5, 0.6) is 0 Å². The maximum atomic E-state index is 11.7. The van der Waals surface area contributed by atoms with Gasteiger partial charge in [-0.05, 0) is 23.6 Å². The van der Waals surface area contributed by atoms with Gasteiger partial charge in [0.15, 0.2) is 9.84 Å². The summed E-state index contributed by atoms with van der Waals surface area (Å²) in [5.41, 5.74) is 6.43. The van der Waals surface area contributed by atoms with Gasteiger partial charge in [0.2, 0.25) is 11.8 Å². The molecule has 9 heteroatoms. The van der Waals surface area contributed by atoms with Gasteiger partial charge in [0.1, 0.15) is 0 Å². The highest BCUT2D eigenvalue weighted by Crippen LogP contribution is 2.10. The summed E-state index contributed by atoms with van der Waals surface area (Å²) in [6.07, 6.45) is 1.13. The summed E-state index contributed by atoms with van der Waals surface area (Å²) in [5.74, 6) is -0.722. The van der Waals surface area contributed by atoms with Crippen LogP contribution in [0.4, 0.5) is 0 Å². The van der Waals surface area contributed by atoms with Crippen LogP contribution in [-0.2, 0) is 26.0 Å². The first kappa shape index (κ1) is 22.4. The average Bonchev–Trinajstić information content (AvgIpc) is 2.49. The van der Waals surface area contributed by atoms with Crippen molar-refractivity contribution in [3.05, 3.63) is 29.8 Å². The first-order valence-electron chi connectivity index (χ1n) is 7.20. The zero-order chi connectivity index (χ0) is 17.6. The number of benzene rings is 1. The molecule has 1 aromatic rings. The Morgan fingerprint density at radius 2 is 1.67 bits per heavy atom. The third-order valence-electron chi connectivity index (χ3n) is 3.29. The van der Waals surface area contributed by atoms with Gasteiger partial charge in [-0.15, -0.1) is 12.4 Å². The summed E-state index contributed by atoms with van der Waals surface area (Å²) in [4.78, 5) is 23.5. The summed E-state index contributed by atoms with van der Waals surface area (Å²) in [7, 11) is -3.23. The number of carbonyl (C=O) groups is 2. The van der Waals surface area contributed by atoms with Crippen LogP contribution in [0.3, 0.4) is 0 Å². The Morgan fingerprint density at radius 3 is 2.12 bits per heavy atom. The number of carbonyl (C=O) groups excluding carboxylic acids is 2. The topological polar surface area (TPSA) is 118 Å². The highest BCUT2D eigenvalue weighted by atomic mass is 35.5. The standard InChI is InChI=1S/C15H23N3O4S.ClH/c1-10(2)14(16)15(20)18-9-13(19)17-8-11-4-6-12(7-5-11)23(3,21)22;/h4-7,10,14H,8-9,16H2,1-3H3,(H,17,19)(H,18,20);1H/t14-;/m0./s1. The fourth-order valence-corrected chi connectivity index (χ4v) is 2.34. The molecule has 2 amide bonds. The number of amides is 2. The monoisotopic (exact) mass is 377 g/mol. The number of rotatable bonds is 7. The number of hydrogen-bond acceptors (Lipinski definition) is 5. The number of halogens is 1. The molecule has 0 saturated heterocycles. The molecule has 136 valence electrons. The van der Waals surface area contributed by atoms with E-state index in [-0.39, 0.29) is 48.1 Å². The van der Waals surface area contributed by atoms with Crippen LogP contribution in [0, 0.1) is 5.92 Å². The molecule has 0 spiro atoms. The molecule has 0 bridgehead atoms. The predicted molar refractivity (Wildman–Crippen MR) is 94.5 cm³/mol. The van der Waals surface area contributed by atoms with Crippen molar-refractivity contribution in [3.8, 4) is 0 Å². The largest absolute Gasteiger partial charge is 0.350 e. The molecule has 0 aliphatic carbocycles. The molecule has 1 atom stereocenters. The maximum absolute atomic E-state index is 11.7. The number of sulfone groups is 1. The summed E-state index contributed by atoms with van der Waals surface area (Å²) in [6, 6.07) is 5.58. The van der Waals surface area contributed by atoms with Crippen LogP contribution in [0.25, 0.3) is 0 Å². The van der Waals surface area contributed by atoms with Gasteiger partial charge in [0, 0.05) is 12.8 Å². The third kappa shape index (κ3) is 7.29. The summed E-state index contributed by atoms with van der Waals surface area (Å²) in [5, 5.41) is 5.11. The first-order valence-corrected chi connectivity index (χ1v) is 9.09. The molecule has 7 nitrogen and oxygen atoms in total. The fourth-order valence-electron chi connectivity index (χ4n) is 1.71. The predicted octanol–water partition coefficient (Wildman–Crippen LogP) is 0.228. The Bertz CT molecular complexity index is 660. The third-order valence-corrected chi connectivity index (χ3v) is 4.41. The smallest absolute Gasteiger partial charge is 0.239 e. The highest BCUT2D eigenvalue weighted by Gasteiger charge is 2.17. The van der Waals surface area contributed by atoms with Gasteiger partial charge < -0.3 is 16.4 Å². The van der Waals surface area contributed by atoms with Crippen molar-refractivity contribution in [1.29, 1.82) is 0 Å². The van der Waals surface area contributed by atoms with Crippen molar-refractivity contribution in [1.82, 2.24) is 10.6 Å². The minimum atomic E-state index is -3.23. The van der Waals surface area contributed by atoms with Gasteiger partial charge in [-0.3, -0.25) is 9.59 Å². The molecule has 1 rings (SSSR count). The fraction of sp³-hybridized carbons (Fsp3) is 0.467. The van der Waals surface area contributed by atoms with Crippen LogP contribution in [-0.4, -0.2) is 39.1 Å². The quantitative estimate of drug-likeness (QED) is 0.628. The van der Waals surface area contributed by atoms with Crippen LogP contribution >= 0.6 is 12.4 Å². The Kier molecular flexibility index (Phi) is 8.95. The molecule has 0 aromatic heterocycles. The minimum Gasteiger partial charge on any atom is -0.350 e. The normalized spacial score (nSPS) is 12.2. The van der Waals surface area contributed by atoms with E-state index in [1.807, 2.05) is 13.8 Å². The van der Waals surface area contributed by atoms with Gasteiger partial charge in [0.05, 0.1) is 17.5 Å². The number of nitrogens with one attached hydrogen (secondary N) is 2. The summed E-state index contributed by atoms with van der Waals surface area (Å²) in [6.45, 7) is 3.74. The molecular weight excluding hydrogens is 354 g/mol. The van der Waals surface area contributed by atoms with Crippen molar-refractivity contribution in [3.63, 3.8) is 0 Å².